The molecule has 1 nitrogen and oxygen atoms in total. The first-order valence-corrected chi connectivity index (χ1v) is 5.66. The van der Waals surface area contributed by atoms with E-state index in [1.54, 1.807) is 0 Å². The van der Waals surface area contributed by atoms with E-state index in [9.17, 15) is 31.1 Å². The standard InChI is InChI=1S/C10H6F6OS/c1-18-7-3-2-5(8(17)10(14,15)16)4-6(7)9(11,12)13/h2-4H,1H3. The van der Waals surface area contributed by atoms with Crippen molar-refractivity contribution in [3.05, 3.63) is 29.3 Å². The van der Waals surface area contributed by atoms with Gasteiger partial charge >= 0.3 is 12.4 Å². The molecule has 0 spiro atoms. The molecule has 0 heterocycles. The van der Waals surface area contributed by atoms with Crippen LogP contribution >= 0.6 is 11.8 Å². The van der Waals surface area contributed by atoms with E-state index < -0.39 is 29.3 Å². The number of ketones is 1. The van der Waals surface area contributed by atoms with E-state index in [0.29, 0.717) is 0 Å². The SMILES string of the molecule is CSc1ccc(C(=O)C(F)(F)F)cc1C(F)(F)F. The molecule has 0 unspecified atom stereocenters. The van der Waals surface area contributed by atoms with Gasteiger partial charge in [-0.2, -0.15) is 26.3 Å². The average Bonchev–Trinajstić information content (AvgIpc) is 2.24. The van der Waals surface area contributed by atoms with Crippen LogP contribution in [0, 0.1) is 0 Å². The average molecular weight is 288 g/mol. The number of rotatable bonds is 2. The van der Waals surface area contributed by atoms with Crippen LogP contribution in [0.15, 0.2) is 23.1 Å². The molecule has 0 saturated heterocycles. The molecule has 0 aliphatic heterocycles. The number of hydrogen-bond acceptors (Lipinski definition) is 2. The molecule has 0 N–H and O–H groups in total. The highest BCUT2D eigenvalue weighted by Crippen LogP contribution is 2.37. The van der Waals surface area contributed by atoms with Gasteiger partial charge in [-0.1, -0.05) is 0 Å². The zero-order valence-corrected chi connectivity index (χ0v) is 9.63. The van der Waals surface area contributed by atoms with E-state index in [4.69, 9.17) is 0 Å². The Balaban J connectivity index is 3.32. The molecule has 0 fully saturated rings. The Kier molecular flexibility index (Phi) is 3.99. The van der Waals surface area contributed by atoms with Gasteiger partial charge < -0.3 is 0 Å². The largest absolute Gasteiger partial charge is 0.454 e. The fourth-order valence-electron chi connectivity index (χ4n) is 1.23. The zero-order valence-electron chi connectivity index (χ0n) is 8.82. The quantitative estimate of drug-likeness (QED) is 0.461. The molecule has 8 heteroatoms. The minimum absolute atomic E-state index is 0.224. The van der Waals surface area contributed by atoms with E-state index in [0.717, 1.165) is 23.9 Å². The number of carbonyl (C=O) groups excluding carboxylic acids is 1. The van der Waals surface area contributed by atoms with Crippen molar-refractivity contribution < 1.29 is 31.1 Å². The Hall–Kier alpha value is -1.18. The van der Waals surface area contributed by atoms with Crippen LogP contribution < -0.4 is 0 Å². The summed E-state index contributed by atoms with van der Waals surface area (Å²) in [5.41, 5.74) is -2.27. The molecule has 0 aliphatic carbocycles. The molecule has 18 heavy (non-hydrogen) atoms. The van der Waals surface area contributed by atoms with E-state index in [1.165, 1.54) is 6.26 Å². The van der Waals surface area contributed by atoms with Gasteiger partial charge in [-0.25, -0.2) is 0 Å². The summed E-state index contributed by atoms with van der Waals surface area (Å²) in [7, 11) is 0. The van der Waals surface area contributed by atoms with Crippen LogP contribution in [0.1, 0.15) is 15.9 Å². The summed E-state index contributed by atoms with van der Waals surface area (Å²) in [5.74, 6) is -2.29. The summed E-state index contributed by atoms with van der Waals surface area (Å²) < 4.78 is 74.0. The van der Waals surface area contributed by atoms with Gasteiger partial charge in [-0.3, -0.25) is 4.79 Å². The highest BCUT2D eigenvalue weighted by molar-refractivity contribution is 7.98. The summed E-state index contributed by atoms with van der Waals surface area (Å²) in [6.07, 6.45) is -8.64. The van der Waals surface area contributed by atoms with Crippen molar-refractivity contribution in [2.75, 3.05) is 6.26 Å². The molecule has 1 aromatic carbocycles. The van der Waals surface area contributed by atoms with Gasteiger partial charge in [-0.15, -0.1) is 11.8 Å². The fourth-order valence-corrected chi connectivity index (χ4v) is 1.83. The maximum atomic E-state index is 12.6. The highest BCUT2D eigenvalue weighted by atomic mass is 32.2. The van der Waals surface area contributed by atoms with Gasteiger partial charge in [0.25, 0.3) is 5.78 Å². The van der Waals surface area contributed by atoms with Crippen LogP contribution in [0.4, 0.5) is 26.3 Å². The Bertz CT molecular complexity index is 462. The van der Waals surface area contributed by atoms with Crippen molar-refractivity contribution in [2.24, 2.45) is 0 Å². The smallest absolute Gasteiger partial charge is 0.284 e. The number of alkyl halides is 6. The number of benzene rings is 1. The van der Waals surface area contributed by atoms with Crippen molar-refractivity contribution in [2.45, 2.75) is 17.2 Å². The van der Waals surface area contributed by atoms with Crippen LogP contribution in [0.2, 0.25) is 0 Å². The van der Waals surface area contributed by atoms with Gasteiger partial charge in [0.2, 0.25) is 0 Å². The first kappa shape index (κ1) is 14.9. The summed E-state index contributed by atoms with van der Waals surface area (Å²) in [4.78, 5) is 10.6. The third-order valence-electron chi connectivity index (χ3n) is 2.02. The van der Waals surface area contributed by atoms with Gasteiger partial charge in [0.15, 0.2) is 0 Å². The third-order valence-corrected chi connectivity index (χ3v) is 2.82. The molecular formula is C10H6F6OS. The van der Waals surface area contributed by atoms with Gasteiger partial charge in [-0.05, 0) is 24.5 Å². The monoisotopic (exact) mass is 288 g/mol. The second-order valence-electron chi connectivity index (χ2n) is 3.24. The Morgan fingerprint density at radius 2 is 1.67 bits per heavy atom. The van der Waals surface area contributed by atoms with Gasteiger partial charge in [0, 0.05) is 10.5 Å². The lowest BCUT2D eigenvalue weighted by molar-refractivity contribution is -0.139. The lowest BCUT2D eigenvalue weighted by Gasteiger charge is -2.13. The van der Waals surface area contributed by atoms with Crippen molar-refractivity contribution in [3.8, 4) is 0 Å². The molecule has 0 saturated carbocycles. The van der Waals surface area contributed by atoms with Crippen molar-refractivity contribution in [3.63, 3.8) is 0 Å². The van der Waals surface area contributed by atoms with E-state index in [-0.39, 0.29) is 11.0 Å². The second-order valence-corrected chi connectivity index (χ2v) is 4.09. The van der Waals surface area contributed by atoms with Gasteiger partial charge in [0.05, 0.1) is 5.56 Å². The lowest BCUT2D eigenvalue weighted by Crippen LogP contribution is -2.23. The molecule has 1 aromatic rings. The van der Waals surface area contributed by atoms with Crippen molar-refractivity contribution >= 4 is 17.5 Å². The van der Waals surface area contributed by atoms with E-state index in [1.807, 2.05) is 0 Å². The highest BCUT2D eigenvalue weighted by Gasteiger charge is 2.41. The third kappa shape index (κ3) is 3.18. The summed E-state index contributed by atoms with van der Waals surface area (Å²) in [6.45, 7) is 0. The topological polar surface area (TPSA) is 17.1 Å². The first-order chi connectivity index (χ1) is 8.07. The van der Waals surface area contributed by atoms with E-state index in [2.05, 4.69) is 0 Å². The minimum atomic E-state index is -5.19. The van der Waals surface area contributed by atoms with Crippen LogP contribution in [0.3, 0.4) is 0 Å². The molecule has 0 amide bonds. The first-order valence-electron chi connectivity index (χ1n) is 4.44. The van der Waals surface area contributed by atoms with Crippen molar-refractivity contribution in [1.82, 2.24) is 0 Å². The van der Waals surface area contributed by atoms with Crippen LogP contribution in [0.5, 0.6) is 0 Å². The zero-order chi connectivity index (χ0) is 14.1. The Morgan fingerprint density at radius 1 is 1.11 bits per heavy atom. The van der Waals surface area contributed by atoms with Gasteiger partial charge in [0.1, 0.15) is 0 Å². The summed E-state index contributed by atoms with van der Waals surface area (Å²) in [6, 6.07) is 1.81. The summed E-state index contributed by atoms with van der Waals surface area (Å²) >= 11 is 0.738. The second kappa shape index (κ2) is 4.83. The number of thioether (sulfide) groups is 1. The van der Waals surface area contributed by atoms with Crippen LogP contribution in [-0.4, -0.2) is 18.2 Å². The van der Waals surface area contributed by atoms with Crippen molar-refractivity contribution in [1.29, 1.82) is 0 Å². The summed E-state index contributed by atoms with van der Waals surface area (Å²) in [5, 5.41) is 0. The number of carbonyl (C=O) groups is 1. The maximum Gasteiger partial charge on any atom is 0.454 e. The molecule has 0 atom stereocenters. The predicted octanol–water partition coefficient (Wildman–Crippen LogP) is 4.17. The molecule has 0 radical (unpaired) electrons. The molecule has 0 bridgehead atoms. The molecular weight excluding hydrogens is 282 g/mol. The Labute approximate surface area is 102 Å². The normalized spacial score (nSPS) is 12.6. The number of Topliss-reactive ketones (excluding diaryl/α,β-unsaturated/α-hetero) is 1. The molecule has 100 valence electrons. The minimum Gasteiger partial charge on any atom is -0.284 e. The Morgan fingerprint density at radius 3 is 2.06 bits per heavy atom. The fraction of sp³-hybridized carbons (Fsp3) is 0.300. The van der Waals surface area contributed by atoms with Crippen LogP contribution in [-0.2, 0) is 6.18 Å². The van der Waals surface area contributed by atoms with E-state index >= 15 is 0 Å². The molecule has 1 rings (SSSR count). The molecule has 0 aromatic heterocycles. The number of halogens is 6. The molecule has 0 aliphatic rings. The lowest BCUT2D eigenvalue weighted by atomic mass is 10.1. The maximum absolute atomic E-state index is 12.6. The van der Waals surface area contributed by atoms with Crippen LogP contribution in [0.25, 0.3) is 0 Å². The number of hydrogen-bond donors (Lipinski definition) is 0. The predicted molar refractivity (Wildman–Crippen MR) is 53.6 cm³/mol.